The van der Waals surface area contributed by atoms with Crippen LogP contribution in [0.4, 0.5) is 0 Å². The van der Waals surface area contributed by atoms with Crippen molar-refractivity contribution in [3.63, 3.8) is 0 Å². The Balaban J connectivity index is 0.00000144. The number of phenols is 1. The minimum absolute atomic E-state index is 0. The normalized spacial score (nSPS) is 24.1. The quantitative estimate of drug-likeness (QED) is 0.778. The van der Waals surface area contributed by atoms with Gasteiger partial charge < -0.3 is 15.5 Å². The molecule has 1 aromatic carbocycles. The van der Waals surface area contributed by atoms with Crippen molar-refractivity contribution in [1.29, 1.82) is 0 Å². The maximum Gasteiger partial charge on any atom is 0.115 e. The Morgan fingerprint density at radius 3 is 2.53 bits per heavy atom. The molecule has 1 fully saturated rings. The largest absolute Gasteiger partial charge is 0.508 e. The number of aliphatic hydroxyl groups excluding tert-OH is 1. The number of aliphatic hydroxyl groups is 1. The Morgan fingerprint density at radius 2 is 1.88 bits per heavy atom. The number of phenolic OH excluding ortho intramolecular Hbond substituents is 1. The monoisotopic (exact) mass is 257 g/mol. The molecule has 3 nitrogen and oxygen atoms in total. The fraction of sp³-hybridized carbons (Fsp3) is 0.538. The summed E-state index contributed by atoms with van der Waals surface area (Å²) < 4.78 is 0. The molecule has 1 aromatic rings. The van der Waals surface area contributed by atoms with Crippen LogP contribution in [0.25, 0.3) is 0 Å². The molecule has 4 heteroatoms. The minimum Gasteiger partial charge on any atom is -0.508 e. The number of hydrogen-bond acceptors (Lipinski definition) is 3. The molecule has 1 aliphatic rings. The van der Waals surface area contributed by atoms with Gasteiger partial charge in [0.25, 0.3) is 0 Å². The predicted octanol–water partition coefficient (Wildman–Crippen LogP) is 2.21. The van der Waals surface area contributed by atoms with Crippen LogP contribution in [-0.2, 0) is 6.54 Å². The van der Waals surface area contributed by atoms with Crippen LogP contribution in [0.2, 0.25) is 0 Å². The Bertz CT molecular complexity index is 329. The summed E-state index contributed by atoms with van der Waals surface area (Å²) in [6, 6.07) is 7.67. The number of nitrogens with one attached hydrogen (secondary N) is 1. The van der Waals surface area contributed by atoms with E-state index in [1.807, 2.05) is 12.1 Å². The maximum atomic E-state index is 9.54. The van der Waals surface area contributed by atoms with Gasteiger partial charge in [0.15, 0.2) is 0 Å². The third-order valence-corrected chi connectivity index (χ3v) is 3.18. The third-order valence-electron chi connectivity index (χ3n) is 3.18. The first-order valence-electron chi connectivity index (χ1n) is 5.93. The zero-order chi connectivity index (χ0) is 11.4. The van der Waals surface area contributed by atoms with E-state index < -0.39 is 0 Å². The van der Waals surface area contributed by atoms with Crippen LogP contribution in [0.5, 0.6) is 5.75 Å². The van der Waals surface area contributed by atoms with Crippen molar-refractivity contribution in [2.24, 2.45) is 0 Å². The van der Waals surface area contributed by atoms with E-state index in [2.05, 4.69) is 5.32 Å². The Morgan fingerprint density at radius 1 is 1.18 bits per heavy atom. The molecule has 2 rings (SSSR count). The van der Waals surface area contributed by atoms with Gasteiger partial charge in [-0.3, -0.25) is 0 Å². The van der Waals surface area contributed by atoms with E-state index in [9.17, 15) is 5.11 Å². The van der Waals surface area contributed by atoms with Crippen molar-refractivity contribution in [3.8, 4) is 5.75 Å². The maximum absolute atomic E-state index is 9.54. The summed E-state index contributed by atoms with van der Waals surface area (Å²) in [5.74, 6) is 0.303. The van der Waals surface area contributed by atoms with Crippen LogP contribution in [0.1, 0.15) is 31.2 Å². The van der Waals surface area contributed by atoms with Crippen molar-refractivity contribution in [3.05, 3.63) is 29.8 Å². The zero-order valence-electron chi connectivity index (χ0n) is 9.80. The van der Waals surface area contributed by atoms with Gasteiger partial charge in [0, 0.05) is 12.6 Å². The molecule has 0 amide bonds. The van der Waals surface area contributed by atoms with Crippen LogP contribution in [0.15, 0.2) is 24.3 Å². The average molecular weight is 258 g/mol. The lowest BCUT2D eigenvalue weighted by Crippen LogP contribution is -2.35. The Kier molecular flexibility index (Phi) is 5.75. The van der Waals surface area contributed by atoms with Crippen molar-refractivity contribution in [2.45, 2.75) is 44.4 Å². The molecule has 0 bridgehead atoms. The van der Waals surface area contributed by atoms with Crippen LogP contribution in [-0.4, -0.2) is 22.4 Å². The SMILES string of the molecule is Cl.Oc1ccc(CN[C@H]2CCC[C@H](O)C2)cc1. The molecule has 3 N–H and O–H groups in total. The van der Waals surface area contributed by atoms with E-state index in [-0.39, 0.29) is 18.5 Å². The van der Waals surface area contributed by atoms with Crippen LogP contribution < -0.4 is 5.32 Å². The van der Waals surface area contributed by atoms with Crippen molar-refractivity contribution >= 4 is 12.4 Å². The number of hydrogen-bond donors (Lipinski definition) is 3. The summed E-state index contributed by atoms with van der Waals surface area (Å²) >= 11 is 0. The minimum atomic E-state index is -0.133. The van der Waals surface area contributed by atoms with Crippen molar-refractivity contribution < 1.29 is 10.2 Å². The summed E-state index contributed by atoms with van der Waals surface area (Å²) in [6.07, 6.45) is 3.92. The highest BCUT2D eigenvalue weighted by Crippen LogP contribution is 2.19. The molecule has 0 aromatic heterocycles. The standard InChI is InChI=1S/C13H19NO2.ClH/c15-12-6-4-10(5-7-12)9-14-11-2-1-3-13(16)8-11;/h4-7,11,13-16H,1-3,8-9H2;1H/t11-,13-;/m0./s1. The summed E-state index contributed by atoms with van der Waals surface area (Å²) in [4.78, 5) is 0. The van der Waals surface area contributed by atoms with Crippen LogP contribution in [0.3, 0.4) is 0 Å². The lowest BCUT2D eigenvalue weighted by atomic mass is 9.93. The van der Waals surface area contributed by atoms with E-state index in [4.69, 9.17) is 5.11 Å². The second-order valence-corrected chi connectivity index (χ2v) is 4.56. The third kappa shape index (κ3) is 4.54. The van der Waals surface area contributed by atoms with E-state index >= 15 is 0 Å². The molecule has 17 heavy (non-hydrogen) atoms. The van der Waals surface area contributed by atoms with Crippen molar-refractivity contribution in [1.82, 2.24) is 5.32 Å². The highest BCUT2D eigenvalue weighted by atomic mass is 35.5. The molecular weight excluding hydrogens is 238 g/mol. The number of halogens is 1. The van der Waals surface area contributed by atoms with E-state index in [1.165, 1.54) is 0 Å². The number of aromatic hydroxyl groups is 1. The summed E-state index contributed by atoms with van der Waals surface area (Å²) in [5.41, 5.74) is 1.16. The molecular formula is C13H20ClNO2. The number of rotatable bonds is 3. The molecule has 0 spiro atoms. The molecule has 96 valence electrons. The fourth-order valence-electron chi connectivity index (χ4n) is 2.23. The van der Waals surface area contributed by atoms with Gasteiger partial charge in [-0.25, -0.2) is 0 Å². The molecule has 1 aliphatic carbocycles. The fourth-order valence-corrected chi connectivity index (χ4v) is 2.23. The molecule has 0 aliphatic heterocycles. The van der Waals surface area contributed by atoms with Gasteiger partial charge >= 0.3 is 0 Å². The molecule has 0 saturated heterocycles. The number of benzene rings is 1. The van der Waals surface area contributed by atoms with Crippen LogP contribution in [0, 0.1) is 0 Å². The lowest BCUT2D eigenvalue weighted by molar-refractivity contribution is 0.111. The lowest BCUT2D eigenvalue weighted by Gasteiger charge is -2.26. The first-order valence-corrected chi connectivity index (χ1v) is 5.93. The predicted molar refractivity (Wildman–Crippen MR) is 70.5 cm³/mol. The summed E-state index contributed by atoms with van der Waals surface area (Å²) in [7, 11) is 0. The van der Waals surface area contributed by atoms with E-state index in [0.29, 0.717) is 11.8 Å². The van der Waals surface area contributed by atoms with Crippen molar-refractivity contribution in [2.75, 3.05) is 0 Å². The van der Waals surface area contributed by atoms with Crippen LogP contribution >= 0.6 is 12.4 Å². The molecule has 0 radical (unpaired) electrons. The average Bonchev–Trinajstić information content (AvgIpc) is 2.28. The van der Waals surface area contributed by atoms with E-state index in [0.717, 1.165) is 37.8 Å². The summed E-state index contributed by atoms with van der Waals surface area (Å²) in [5, 5.41) is 22.1. The second-order valence-electron chi connectivity index (χ2n) is 4.56. The van der Waals surface area contributed by atoms with Gasteiger partial charge in [0.05, 0.1) is 6.10 Å². The second kappa shape index (κ2) is 6.84. The first kappa shape index (κ1) is 14.3. The Labute approximate surface area is 108 Å². The van der Waals surface area contributed by atoms with Gasteiger partial charge in [-0.2, -0.15) is 0 Å². The Hall–Kier alpha value is -0.770. The van der Waals surface area contributed by atoms with Gasteiger partial charge in [-0.1, -0.05) is 12.1 Å². The van der Waals surface area contributed by atoms with Gasteiger partial charge in [0.1, 0.15) is 5.75 Å². The zero-order valence-corrected chi connectivity index (χ0v) is 10.6. The smallest absolute Gasteiger partial charge is 0.115 e. The van der Waals surface area contributed by atoms with Gasteiger partial charge in [-0.15, -0.1) is 12.4 Å². The van der Waals surface area contributed by atoms with Gasteiger partial charge in [0.2, 0.25) is 0 Å². The first-order chi connectivity index (χ1) is 7.74. The van der Waals surface area contributed by atoms with Gasteiger partial charge in [-0.05, 0) is 43.4 Å². The molecule has 1 saturated carbocycles. The molecule has 0 heterocycles. The molecule has 2 atom stereocenters. The highest BCUT2D eigenvalue weighted by molar-refractivity contribution is 5.85. The highest BCUT2D eigenvalue weighted by Gasteiger charge is 2.19. The molecule has 0 unspecified atom stereocenters. The van der Waals surface area contributed by atoms with E-state index in [1.54, 1.807) is 12.1 Å². The summed E-state index contributed by atoms with van der Waals surface area (Å²) in [6.45, 7) is 0.803. The topological polar surface area (TPSA) is 52.5 Å².